The van der Waals surface area contributed by atoms with Crippen LogP contribution in [-0.4, -0.2) is 32.6 Å². The van der Waals surface area contributed by atoms with Crippen LogP contribution in [0.1, 0.15) is 46.9 Å². The third-order valence-electron chi connectivity index (χ3n) is 4.97. The lowest BCUT2D eigenvalue weighted by molar-refractivity contribution is 0.0937. The highest BCUT2D eigenvalue weighted by Crippen LogP contribution is 2.32. The lowest BCUT2D eigenvalue weighted by Gasteiger charge is -2.13. The minimum Gasteiger partial charge on any atom is -0.349 e. The first-order valence-corrected chi connectivity index (χ1v) is 8.90. The first-order valence-electron chi connectivity index (χ1n) is 8.90. The second-order valence-electron chi connectivity index (χ2n) is 6.90. The summed E-state index contributed by atoms with van der Waals surface area (Å²) in [6.07, 6.45) is 2.75. The molecule has 1 aliphatic carbocycles. The highest BCUT2D eigenvalue weighted by Gasteiger charge is 2.29. The molecule has 6 heteroatoms. The van der Waals surface area contributed by atoms with Crippen molar-refractivity contribution in [2.45, 2.75) is 38.1 Å². The van der Waals surface area contributed by atoms with Gasteiger partial charge in [0.25, 0.3) is 5.91 Å². The van der Waals surface area contributed by atoms with Gasteiger partial charge in [-0.05, 0) is 49.4 Å². The number of rotatable bonds is 4. The predicted octanol–water partition coefficient (Wildman–Crippen LogP) is 3.24. The van der Waals surface area contributed by atoms with E-state index in [1.54, 1.807) is 0 Å². The summed E-state index contributed by atoms with van der Waals surface area (Å²) in [4.78, 5) is 12.7. The number of H-pyrrole nitrogens is 1. The average molecular weight is 347 g/mol. The Kier molecular flexibility index (Phi) is 4.48. The van der Waals surface area contributed by atoms with E-state index in [0.717, 1.165) is 36.2 Å². The number of aromatic nitrogens is 4. The molecule has 1 amide bonds. The van der Waals surface area contributed by atoms with E-state index < -0.39 is 0 Å². The molecule has 2 atom stereocenters. The van der Waals surface area contributed by atoms with Gasteiger partial charge in [-0.1, -0.05) is 47.2 Å². The van der Waals surface area contributed by atoms with Crippen LogP contribution in [0.4, 0.5) is 0 Å². The van der Waals surface area contributed by atoms with Crippen LogP contribution in [0.25, 0.3) is 11.1 Å². The molecule has 0 aliphatic heterocycles. The molecule has 2 N–H and O–H groups in total. The van der Waals surface area contributed by atoms with Crippen molar-refractivity contribution in [2.24, 2.45) is 0 Å². The fourth-order valence-electron chi connectivity index (χ4n) is 3.62. The molecule has 1 heterocycles. The minimum absolute atomic E-state index is 0.0294. The first-order chi connectivity index (χ1) is 12.7. The Morgan fingerprint density at radius 3 is 2.69 bits per heavy atom. The van der Waals surface area contributed by atoms with Gasteiger partial charge < -0.3 is 5.32 Å². The van der Waals surface area contributed by atoms with Crippen LogP contribution in [0.3, 0.4) is 0 Å². The fourth-order valence-corrected chi connectivity index (χ4v) is 3.62. The van der Waals surface area contributed by atoms with Crippen molar-refractivity contribution in [1.82, 2.24) is 25.9 Å². The summed E-state index contributed by atoms with van der Waals surface area (Å²) >= 11 is 0. The van der Waals surface area contributed by atoms with E-state index in [9.17, 15) is 4.79 Å². The van der Waals surface area contributed by atoms with Crippen molar-refractivity contribution >= 4 is 5.91 Å². The summed E-state index contributed by atoms with van der Waals surface area (Å²) in [6.45, 7) is 2.07. The van der Waals surface area contributed by atoms with Gasteiger partial charge >= 0.3 is 0 Å². The maximum atomic E-state index is 12.7. The molecule has 2 aromatic carbocycles. The minimum atomic E-state index is -0.0294. The summed E-state index contributed by atoms with van der Waals surface area (Å²) in [5.74, 6) is 0.971. The van der Waals surface area contributed by atoms with Gasteiger partial charge in [0.1, 0.15) is 0 Å². The van der Waals surface area contributed by atoms with E-state index in [1.807, 2.05) is 30.3 Å². The third kappa shape index (κ3) is 3.49. The Morgan fingerprint density at radius 1 is 1.12 bits per heavy atom. The lowest BCUT2D eigenvalue weighted by Crippen LogP contribution is -2.32. The standard InChI is InChI=1S/C20H21N5O/c1-13-4-2-5-14(10-13)15-6-3-7-17(11-15)20(26)21-18-9-8-16(12-18)19-22-24-25-23-19/h2-7,10-11,16,18H,8-9,12H2,1H3,(H,21,26)(H,22,23,24,25)/t16-,18+/m0/s1. The zero-order valence-corrected chi connectivity index (χ0v) is 14.6. The lowest BCUT2D eigenvalue weighted by atomic mass is 10.0. The number of benzene rings is 2. The van der Waals surface area contributed by atoms with Crippen LogP contribution in [0.2, 0.25) is 0 Å². The van der Waals surface area contributed by atoms with Gasteiger partial charge in [-0.15, -0.1) is 10.2 Å². The summed E-state index contributed by atoms with van der Waals surface area (Å²) in [6, 6.07) is 16.2. The molecule has 3 aromatic rings. The largest absolute Gasteiger partial charge is 0.349 e. The normalized spacial score (nSPS) is 19.4. The molecule has 1 fully saturated rings. The molecule has 26 heavy (non-hydrogen) atoms. The molecule has 4 rings (SSSR count). The van der Waals surface area contributed by atoms with E-state index in [0.29, 0.717) is 5.56 Å². The van der Waals surface area contributed by atoms with Crippen molar-refractivity contribution < 1.29 is 4.79 Å². The quantitative estimate of drug-likeness (QED) is 0.759. The zero-order chi connectivity index (χ0) is 17.9. The van der Waals surface area contributed by atoms with Gasteiger partial charge in [0.15, 0.2) is 5.82 Å². The first kappa shape index (κ1) is 16.4. The fraction of sp³-hybridized carbons (Fsp3) is 0.300. The van der Waals surface area contributed by atoms with E-state index in [1.165, 1.54) is 5.56 Å². The van der Waals surface area contributed by atoms with Crippen LogP contribution in [0.15, 0.2) is 48.5 Å². The number of carbonyl (C=O) groups excluding carboxylic acids is 1. The van der Waals surface area contributed by atoms with Gasteiger partial charge in [0.05, 0.1) is 0 Å². The molecule has 1 aliphatic rings. The van der Waals surface area contributed by atoms with Crippen molar-refractivity contribution in [3.63, 3.8) is 0 Å². The number of amides is 1. The number of carbonyl (C=O) groups is 1. The Morgan fingerprint density at radius 2 is 1.92 bits per heavy atom. The molecule has 132 valence electrons. The van der Waals surface area contributed by atoms with Gasteiger partial charge in [-0.25, -0.2) is 0 Å². The Hall–Kier alpha value is -3.02. The summed E-state index contributed by atoms with van der Waals surface area (Å²) in [5, 5.41) is 17.4. The van der Waals surface area contributed by atoms with Crippen LogP contribution in [0.5, 0.6) is 0 Å². The highest BCUT2D eigenvalue weighted by molar-refractivity contribution is 5.95. The van der Waals surface area contributed by atoms with Crippen molar-refractivity contribution in [3.05, 3.63) is 65.5 Å². The second kappa shape index (κ2) is 7.07. The van der Waals surface area contributed by atoms with E-state index in [4.69, 9.17) is 0 Å². The number of hydrogen-bond donors (Lipinski definition) is 2. The highest BCUT2D eigenvalue weighted by atomic mass is 16.1. The molecule has 0 bridgehead atoms. The number of tetrazole rings is 1. The number of hydrogen-bond acceptors (Lipinski definition) is 4. The van der Waals surface area contributed by atoms with Crippen molar-refractivity contribution in [2.75, 3.05) is 0 Å². The summed E-state index contributed by atoms with van der Waals surface area (Å²) < 4.78 is 0. The summed E-state index contributed by atoms with van der Waals surface area (Å²) in [7, 11) is 0. The molecule has 0 saturated heterocycles. The van der Waals surface area contributed by atoms with Crippen LogP contribution < -0.4 is 5.32 Å². The molecular weight excluding hydrogens is 326 g/mol. The molecular formula is C20H21N5O. The monoisotopic (exact) mass is 347 g/mol. The number of nitrogens with zero attached hydrogens (tertiary/aromatic N) is 3. The number of aryl methyl sites for hydroxylation is 1. The van der Waals surface area contributed by atoms with Gasteiger partial charge in [-0.3, -0.25) is 4.79 Å². The third-order valence-corrected chi connectivity index (χ3v) is 4.97. The maximum Gasteiger partial charge on any atom is 0.251 e. The van der Waals surface area contributed by atoms with Crippen molar-refractivity contribution in [1.29, 1.82) is 0 Å². The predicted molar refractivity (Wildman–Crippen MR) is 98.6 cm³/mol. The molecule has 0 unspecified atom stereocenters. The van der Waals surface area contributed by atoms with Gasteiger partial charge in [0.2, 0.25) is 0 Å². The number of aromatic amines is 1. The molecule has 6 nitrogen and oxygen atoms in total. The Bertz CT molecular complexity index is 906. The van der Waals surface area contributed by atoms with E-state index >= 15 is 0 Å². The molecule has 1 saturated carbocycles. The second-order valence-corrected chi connectivity index (χ2v) is 6.90. The number of nitrogens with one attached hydrogen (secondary N) is 2. The molecule has 0 radical (unpaired) electrons. The van der Waals surface area contributed by atoms with E-state index in [-0.39, 0.29) is 17.9 Å². The SMILES string of the molecule is Cc1cccc(-c2cccc(C(=O)N[C@@H]3CC[C@H](c4nn[nH]n4)C3)c2)c1. The Balaban J connectivity index is 1.45. The van der Waals surface area contributed by atoms with Crippen molar-refractivity contribution in [3.8, 4) is 11.1 Å². The van der Waals surface area contributed by atoms with Crippen LogP contribution in [-0.2, 0) is 0 Å². The smallest absolute Gasteiger partial charge is 0.251 e. The van der Waals surface area contributed by atoms with Gasteiger partial charge in [-0.2, -0.15) is 5.21 Å². The zero-order valence-electron chi connectivity index (χ0n) is 14.6. The summed E-state index contributed by atoms with van der Waals surface area (Å²) in [5.41, 5.74) is 4.07. The van der Waals surface area contributed by atoms with E-state index in [2.05, 4.69) is 51.1 Å². The Labute approximate surface area is 152 Å². The van der Waals surface area contributed by atoms with Gasteiger partial charge in [0, 0.05) is 17.5 Å². The van der Waals surface area contributed by atoms with Crippen LogP contribution >= 0.6 is 0 Å². The molecule has 0 spiro atoms. The maximum absolute atomic E-state index is 12.7. The topological polar surface area (TPSA) is 83.6 Å². The molecule has 1 aromatic heterocycles. The van der Waals surface area contributed by atoms with Crippen LogP contribution in [0, 0.1) is 6.92 Å². The average Bonchev–Trinajstić information content (AvgIpc) is 3.33.